The first-order valence-corrected chi connectivity index (χ1v) is 4.36. The summed E-state index contributed by atoms with van der Waals surface area (Å²) in [6.07, 6.45) is 6.95. The van der Waals surface area contributed by atoms with Crippen LogP contribution >= 0.6 is 0 Å². The molecule has 0 bridgehead atoms. The third-order valence-corrected chi connectivity index (χ3v) is 1.66. The van der Waals surface area contributed by atoms with Crippen molar-refractivity contribution < 1.29 is 0 Å². The van der Waals surface area contributed by atoms with Crippen LogP contribution in [0.3, 0.4) is 0 Å². The van der Waals surface area contributed by atoms with Crippen LogP contribution in [0.2, 0.25) is 0 Å². The molecule has 0 spiro atoms. The fraction of sp³-hybridized carbons (Fsp3) is 0.400. The van der Waals surface area contributed by atoms with Crippen molar-refractivity contribution in [2.45, 2.75) is 13.0 Å². The van der Waals surface area contributed by atoms with Gasteiger partial charge in [0.25, 0.3) is 0 Å². The van der Waals surface area contributed by atoms with E-state index in [0.717, 1.165) is 5.82 Å². The van der Waals surface area contributed by atoms with Gasteiger partial charge >= 0.3 is 0 Å². The quantitative estimate of drug-likeness (QED) is 0.721. The number of hydrogen-bond acceptors (Lipinski definition) is 4. The third-order valence-electron chi connectivity index (χ3n) is 1.66. The van der Waals surface area contributed by atoms with E-state index in [1.807, 2.05) is 25.9 Å². The molecule has 1 atom stereocenters. The molecule has 1 aromatic heterocycles. The van der Waals surface area contributed by atoms with E-state index in [2.05, 4.69) is 21.2 Å². The minimum atomic E-state index is -0.0279. The first-order chi connectivity index (χ1) is 6.63. The van der Waals surface area contributed by atoms with Gasteiger partial charge in [-0.2, -0.15) is 4.98 Å². The number of anilines is 2. The Hall–Kier alpha value is -1.76. The molecule has 0 aliphatic rings. The molecule has 1 aromatic rings. The van der Waals surface area contributed by atoms with Crippen molar-refractivity contribution in [2.75, 3.05) is 24.3 Å². The molecule has 1 N–H and O–H groups in total. The number of nitrogens with zero attached hydrogens (tertiary/aromatic N) is 3. The first-order valence-electron chi connectivity index (χ1n) is 4.36. The highest BCUT2D eigenvalue weighted by Gasteiger charge is 2.02. The van der Waals surface area contributed by atoms with Crippen LogP contribution in [0.25, 0.3) is 0 Å². The highest BCUT2D eigenvalue weighted by molar-refractivity contribution is 5.42. The Bertz CT molecular complexity index is 340. The SMILES string of the molecule is C#CC(C)Nc1ccnc(N(C)C)n1. The Labute approximate surface area is 84.4 Å². The monoisotopic (exact) mass is 190 g/mol. The molecule has 74 valence electrons. The molecular formula is C10H14N4. The average molecular weight is 190 g/mol. The molecule has 1 heterocycles. The summed E-state index contributed by atoms with van der Waals surface area (Å²) in [6.45, 7) is 1.90. The molecule has 0 radical (unpaired) electrons. The van der Waals surface area contributed by atoms with E-state index in [-0.39, 0.29) is 6.04 Å². The smallest absolute Gasteiger partial charge is 0.226 e. The van der Waals surface area contributed by atoms with E-state index in [0.29, 0.717) is 5.95 Å². The molecular weight excluding hydrogens is 176 g/mol. The molecule has 4 heteroatoms. The lowest BCUT2D eigenvalue weighted by atomic mass is 10.3. The zero-order valence-corrected chi connectivity index (χ0v) is 8.65. The van der Waals surface area contributed by atoms with Crippen LogP contribution in [0.15, 0.2) is 12.3 Å². The minimum Gasteiger partial charge on any atom is -0.357 e. The summed E-state index contributed by atoms with van der Waals surface area (Å²) >= 11 is 0. The fourth-order valence-electron chi connectivity index (χ4n) is 0.908. The molecule has 0 saturated carbocycles. The van der Waals surface area contributed by atoms with Gasteiger partial charge in [-0.15, -0.1) is 6.42 Å². The van der Waals surface area contributed by atoms with Gasteiger partial charge in [-0.25, -0.2) is 4.98 Å². The van der Waals surface area contributed by atoms with E-state index in [9.17, 15) is 0 Å². The van der Waals surface area contributed by atoms with Crippen LogP contribution in [0.1, 0.15) is 6.92 Å². The van der Waals surface area contributed by atoms with Crippen molar-refractivity contribution in [3.63, 3.8) is 0 Å². The Balaban J connectivity index is 2.79. The second-order valence-corrected chi connectivity index (χ2v) is 3.17. The van der Waals surface area contributed by atoms with Crippen molar-refractivity contribution >= 4 is 11.8 Å². The van der Waals surface area contributed by atoms with Crippen molar-refractivity contribution in [3.05, 3.63) is 12.3 Å². The van der Waals surface area contributed by atoms with Gasteiger partial charge in [0.05, 0.1) is 6.04 Å². The van der Waals surface area contributed by atoms with Gasteiger partial charge in [0.15, 0.2) is 0 Å². The molecule has 0 amide bonds. The van der Waals surface area contributed by atoms with E-state index >= 15 is 0 Å². The average Bonchev–Trinajstić information content (AvgIpc) is 2.18. The van der Waals surface area contributed by atoms with E-state index in [4.69, 9.17) is 6.42 Å². The lowest BCUT2D eigenvalue weighted by Gasteiger charge is -2.12. The number of aromatic nitrogens is 2. The first kappa shape index (κ1) is 10.3. The predicted octanol–water partition coefficient (Wildman–Crippen LogP) is 0.976. The van der Waals surface area contributed by atoms with Gasteiger partial charge in [-0.3, -0.25) is 0 Å². The Morgan fingerprint density at radius 3 is 2.86 bits per heavy atom. The number of terminal acetylenes is 1. The second kappa shape index (κ2) is 4.47. The predicted molar refractivity (Wildman–Crippen MR) is 58.3 cm³/mol. The maximum absolute atomic E-state index is 5.25. The number of rotatable bonds is 3. The van der Waals surface area contributed by atoms with Gasteiger partial charge in [0, 0.05) is 20.3 Å². The molecule has 0 aliphatic carbocycles. The van der Waals surface area contributed by atoms with E-state index < -0.39 is 0 Å². The zero-order chi connectivity index (χ0) is 10.6. The van der Waals surface area contributed by atoms with Gasteiger partial charge in [-0.1, -0.05) is 5.92 Å². The van der Waals surface area contributed by atoms with Crippen LogP contribution in [0, 0.1) is 12.3 Å². The summed E-state index contributed by atoms with van der Waals surface area (Å²) in [5.41, 5.74) is 0. The molecule has 0 aromatic carbocycles. The van der Waals surface area contributed by atoms with Crippen molar-refractivity contribution in [2.24, 2.45) is 0 Å². The topological polar surface area (TPSA) is 41.1 Å². The van der Waals surface area contributed by atoms with Crippen molar-refractivity contribution in [3.8, 4) is 12.3 Å². The van der Waals surface area contributed by atoms with Gasteiger partial charge in [0.1, 0.15) is 5.82 Å². The summed E-state index contributed by atoms with van der Waals surface area (Å²) in [6, 6.07) is 1.76. The summed E-state index contributed by atoms with van der Waals surface area (Å²) in [4.78, 5) is 10.2. The molecule has 4 nitrogen and oxygen atoms in total. The molecule has 1 unspecified atom stereocenters. The molecule has 0 saturated heterocycles. The normalized spacial score (nSPS) is 11.6. The lowest BCUT2D eigenvalue weighted by Crippen LogP contribution is -2.16. The maximum atomic E-state index is 5.25. The highest BCUT2D eigenvalue weighted by Crippen LogP contribution is 2.08. The van der Waals surface area contributed by atoms with E-state index in [1.54, 1.807) is 12.3 Å². The summed E-state index contributed by atoms with van der Waals surface area (Å²) in [5.74, 6) is 3.99. The van der Waals surface area contributed by atoms with Crippen LogP contribution < -0.4 is 10.2 Å². The number of nitrogens with one attached hydrogen (secondary N) is 1. The zero-order valence-electron chi connectivity index (χ0n) is 8.65. The van der Waals surface area contributed by atoms with Crippen molar-refractivity contribution in [1.29, 1.82) is 0 Å². The number of hydrogen-bond donors (Lipinski definition) is 1. The molecule has 0 fully saturated rings. The minimum absolute atomic E-state index is 0.0279. The third kappa shape index (κ3) is 2.63. The van der Waals surface area contributed by atoms with Crippen LogP contribution in [0.5, 0.6) is 0 Å². The largest absolute Gasteiger partial charge is 0.357 e. The molecule has 1 rings (SSSR count). The molecule has 0 aliphatic heterocycles. The van der Waals surface area contributed by atoms with Gasteiger partial charge in [-0.05, 0) is 13.0 Å². The van der Waals surface area contributed by atoms with Crippen LogP contribution in [-0.2, 0) is 0 Å². The van der Waals surface area contributed by atoms with Crippen LogP contribution in [0.4, 0.5) is 11.8 Å². The standard InChI is InChI=1S/C10H14N4/c1-5-8(2)12-9-6-7-11-10(13-9)14(3)4/h1,6-8H,2-4H3,(H,11,12,13). The summed E-state index contributed by atoms with van der Waals surface area (Å²) in [5, 5.41) is 3.07. The fourth-order valence-corrected chi connectivity index (χ4v) is 0.908. The van der Waals surface area contributed by atoms with Crippen molar-refractivity contribution in [1.82, 2.24) is 9.97 Å². The Kier molecular flexibility index (Phi) is 3.29. The maximum Gasteiger partial charge on any atom is 0.226 e. The Morgan fingerprint density at radius 1 is 1.57 bits per heavy atom. The lowest BCUT2D eigenvalue weighted by molar-refractivity contribution is 0.966. The van der Waals surface area contributed by atoms with Gasteiger partial charge < -0.3 is 10.2 Å². The van der Waals surface area contributed by atoms with Gasteiger partial charge in [0.2, 0.25) is 5.95 Å². The van der Waals surface area contributed by atoms with E-state index in [1.165, 1.54) is 0 Å². The summed E-state index contributed by atoms with van der Waals surface area (Å²) < 4.78 is 0. The summed E-state index contributed by atoms with van der Waals surface area (Å²) in [7, 11) is 3.79. The Morgan fingerprint density at radius 2 is 2.29 bits per heavy atom. The second-order valence-electron chi connectivity index (χ2n) is 3.17. The van der Waals surface area contributed by atoms with Crippen LogP contribution in [-0.4, -0.2) is 30.1 Å². The molecule has 14 heavy (non-hydrogen) atoms. The highest BCUT2D eigenvalue weighted by atomic mass is 15.2.